The summed E-state index contributed by atoms with van der Waals surface area (Å²) < 4.78 is 4.91. The van der Waals surface area contributed by atoms with Crippen molar-refractivity contribution in [1.82, 2.24) is 0 Å². The van der Waals surface area contributed by atoms with E-state index >= 15 is 0 Å². The van der Waals surface area contributed by atoms with Crippen molar-refractivity contribution in [3.05, 3.63) is 29.8 Å². The van der Waals surface area contributed by atoms with Crippen LogP contribution in [0.15, 0.2) is 24.3 Å². The molecule has 0 atom stereocenters. The van der Waals surface area contributed by atoms with Gasteiger partial charge in [-0.05, 0) is 45.2 Å². The summed E-state index contributed by atoms with van der Waals surface area (Å²) in [6.07, 6.45) is 4.32. The maximum atomic E-state index is 12.6. The standard InChI is InChI=1S/C19H27NO3/c1-4-23-17(21)13-7-5-6-10-14-20-16-12-9-8-11-15(16)19(2,3)18(20)22/h8-9,11-12H,4-7,10,13-14H2,1-3H3. The largest absolute Gasteiger partial charge is 0.466 e. The zero-order valence-electron chi connectivity index (χ0n) is 14.4. The first-order chi connectivity index (χ1) is 11.0. The van der Waals surface area contributed by atoms with Gasteiger partial charge in [0, 0.05) is 18.7 Å². The summed E-state index contributed by atoms with van der Waals surface area (Å²) in [5, 5.41) is 0. The molecule has 0 bridgehead atoms. The lowest BCUT2D eigenvalue weighted by Crippen LogP contribution is -2.36. The van der Waals surface area contributed by atoms with E-state index in [0.717, 1.165) is 43.5 Å². The Labute approximate surface area is 138 Å². The number of benzene rings is 1. The van der Waals surface area contributed by atoms with Crippen molar-refractivity contribution in [2.75, 3.05) is 18.1 Å². The molecule has 126 valence electrons. The van der Waals surface area contributed by atoms with E-state index in [2.05, 4.69) is 0 Å². The van der Waals surface area contributed by atoms with Gasteiger partial charge in [0.2, 0.25) is 5.91 Å². The minimum Gasteiger partial charge on any atom is -0.466 e. The second-order valence-corrected chi connectivity index (χ2v) is 6.57. The maximum Gasteiger partial charge on any atom is 0.305 e. The first-order valence-corrected chi connectivity index (χ1v) is 8.55. The molecule has 0 spiro atoms. The van der Waals surface area contributed by atoms with Crippen molar-refractivity contribution in [2.24, 2.45) is 0 Å². The van der Waals surface area contributed by atoms with Crippen LogP contribution >= 0.6 is 0 Å². The number of anilines is 1. The third-order valence-corrected chi connectivity index (χ3v) is 4.47. The number of rotatable bonds is 8. The van der Waals surface area contributed by atoms with Crippen LogP contribution < -0.4 is 4.90 Å². The van der Waals surface area contributed by atoms with Crippen molar-refractivity contribution in [3.63, 3.8) is 0 Å². The molecule has 4 nitrogen and oxygen atoms in total. The van der Waals surface area contributed by atoms with Gasteiger partial charge in [-0.3, -0.25) is 9.59 Å². The minimum atomic E-state index is -0.430. The molecule has 1 amide bonds. The number of unbranched alkanes of at least 4 members (excludes halogenated alkanes) is 3. The molecule has 0 aliphatic carbocycles. The molecule has 2 rings (SSSR count). The molecule has 1 aromatic rings. The van der Waals surface area contributed by atoms with Gasteiger partial charge in [-0.2, -0.15) is 0 Å². The predicted molar refractivity (Wildman–Crippen MR) is 91.5 cm³/mol. The number of ether oxygens (including phenoxy) is 1. The number of carbonyl (C=O) groups excluding carboxylic acids is 2. The lowest BCUT2D eigenvalue weighted by molar-refractivity contribution is -0.143. The summed E-state index contributed by atoms with van der Waals surface area (Å²) in [6.45, 7) is 7.01. The SMILES string of the molecule is CCOC(=O)CCCCCCN1C(=O)C(C)(C)c2ccccc21. The normalized spacial score (nSPS) is 15.6. The van der Waals surface area contributed by atoms with E-state index in [0.29, 0.717) is 13.0 Å². The Hall–Kier alpha value is -1.84. The second kappa shape index (κ2) is 7.62. The van der Waals surface area contributed by atoms with Crippen LogP contribution in [-0.4, -0.2) is 25.0 Å². The Kier molecular flexibility index (Phi) is 5.80. The van der Waals surface area contributed by atoms with Crippen LogP contribution in [0, 0.1) is 0 Å². The number of amides is 1. The third kappa shape index (κ3) is 3.92. The van der Waals surface area contributed by atoms with Gasteiger partial charge in [-0.15, -0.1) is 0 Å². The number of esters is 1. The van der Waals surface area contributed by atoms with Crippen LogP contribution in [0.4, 0.5) is 5.69 Å². The molecule has 1 aliphatic heterocycles. The highest BCUT2D eigenvalue weighted by Crippen LogP contribution is 2.41. The van der Waals surface area contributed by atoms with Gasteiger partial charge in [0.15, 0.2) is 0 Å². The van der Waals surface area contributed by atoms with Gasteiger partial charge >= 0.3 is 5.97 Å². The van der Waals surface area contributed by atoms with Gasteiger partial charge in [-0.1, -0.05) is 31.0 Å². The van der Waals surface area contributed by atoms with E-state index in [1.165, 1.54) is 0 Å². The van der Waals surface area contributed by atoms with E-state index in [1.54, 1.807) is 0 Å². The Morgan fingerprint density at radius 3 is 2.57 bits per heavy atom. The summed E-state index contributed by atoms with van der Waals surface area (Å²) >= 11 is 0. The zero-order valence-corrected chi connectivity index (χ0v) is 14.4. The molecule has 0 saturated carbocycles. The van der Waals surface area contributed by atoms with Gasteiger partial charge in [0.05, 0.1) is 12.0 Å². The Balaban J connectivity index is 1.79. The van der Waals surface area contributed by atoms with Crippen LogP contribution in [-0.2, 0) is 19.7 Å². The fraction of sp³-hybridized carbons (Fsp3) is 0.579. The van der Waals surface area contributed by atoms with Crippen molar-refractivity contribution in [3.8, 4) is 0 Å². The number of para-hydroxylation sites is 1. The van der Waals surface area contributed by atoms with Crippen LogP contribution in [0.5, 0.6) is 0 Å². The molecule has 0 N–H and O–H groups in total. The fourth-order valence-corrected chi connectivity index (χ4v) is 3.15. The number of nitrogens with zero attached hydrogens (tertiary/aromatic N) is 1. The first-order valence-electron chi connectivity index (χ1n) is 8.55. The van der Waals surface area contributed by atoms with Gasteiger partial charge < -0.3 is 9.64 Å². The zero-order chi connectivity index (χ0) is 16.9. The lowest BCUT2D eigenvalue weighted by Gasteiger charge is -2.20. The molecule has 1 heterocycles. The monoisotopic (exact) mass is 317 g/mol. The van der Waals surface area contributed by atoms with E-state index in [1.807, 2.05) is 49.9 Å². The van der Waals surface area contributed by atoms with Crippen molar-refractivity contribution < 1.29 is 14.3 Å². The molecule has 0 aromatic heterocycles. The van der Waals surface area contributed by atoms with Crippen LogP contribution in [0.3, 0.4) is 0 Å². The number of hydrogen-bond acceptors (Lipinski definition) is 3. The summed E-state index contributed by atoms with van der Waals surface area (Å²) in [6, 6.07) is 8.06. The maximum absolute atomic E-state index is 12.6. The summed E-state index contributed by atoms with van der Waals surface area (Å²) in [4.78, 5) is 25.8. The second-order valence-electron chi connectivity index (χ2n) is 6.57. The van der Waals surface area contributed by atoms with Crippen molar-refractivity contribution >= 4 is 17.6 Å². The third-order valence-electron chi connectivity index (χ3n) is 4.47. The van der Waals surface area contributed by atoms with Gasteiger partial charge in [-0.25, -0.2) is 0 Å². The highest BCUT2D eigenvalue weighted by atomic mass is 16.5. The number of carbonyl (C=O) groups is 2. The highest BCUT2D eigenvalue weighted by molar-refractivity contribution is 6.07. The van der Waals surface area contributed by atoms with Crippen molar-refractivity contribution in [2.45, 2.75) is 58.3 Å². The van der Waals surface area contributed by atoms with Gasteiger partial charge in [0.1, 0.15) is 0 Å². The first kappa shape index (κ1) is 17.5. The van der Waals surface area contributed by atoms with E-state index in [9.17, 15) is 9.59 Å². The van der Waals surface area contributed by atoms with E-state index < -0.39 is 5.41 Å². The van der Waals surface area contributed by atoms with Crippen LogP contribution in [0.25, 0.3) is 0 Å². The topological polar surface area (TPSA) is 46.6 Å². The van der Waals surface area contributed by atoms with Crippen LogP contribution in [0.2, 0.25) is 0 Å². The molecule has 0 saturated heterocycles. The molecule has 0 fully saturated rings. The Bertz CT molecular complexity index is 565. The summed E-state index contributed by atoms with van der Waals surface area (Å²) in [7, 11) is 0. The summed E-state index contributed by atoms with van der Waals surface area (Å²) in [5.41, 5.74) is 1.74. The average molecular weight is 317 g/mol. The quantitative estimate of drug-likeness (QED) is 0.541. The smallest absolute Gasteiger partial charge is 0.305 e. The molecule has 4 heteroatoms. The molecule has 1 aliphatic rings. The molecular formula is C19H27NO3. The molecule has 0 radical (unpaired) electrons. The Morgan fingerprint density at radius 1 is 1.13 bits per heavy atom. The Morgan fingerprint density at radius 2 is 1.83 bits per heavy atom. The van der Waals surface area contributed by atoms with Crippen LogP contribution in [0.1, 0.15) is 58.4 Å². The van der Waals surface area contributed by atoms with Gasteiger partial charge in [0.25, 0.3) is 0 Å². The molecule has 1 aromatic carbocycles. The number of hydrogen-bond donors (Lipinski definition) is 0. The highest BCUT2D eigenvalue weighted by Gasteiger charge is 2.43. The summed E-state index contributed by atoms with van der Waals surface area (Å²) in [5.74, 6) is 0.0723. The average Bonchev–Trinajstić information content (AvgIpc) is 2.72. The lowest BCUT2D eigenvalue weighted by atomic mass is 9.86. The molecule has 23 heavy (non-hydrogen) atoms. The van der Waals surface area contributed by atoms with E-state index in [-0.39, 0.29) is 11.9 Å². The predicted octanol–water partition coefficient (Wildman–Crippen LogP) is 3.82. The minimum absolute atomic E-state index is 0.113. The van der Waals surface area contributed by atoms with Crippen molar-refractivity contribution in [1.29, 1.82) is 0 Å². The molecular weight excluding hydrogens is 290 g/mol. The number of fused-ring (bicyclic) bond motifs is 1. The molecule has 0 unspecified atom stereocenters. The fourth-order valence-electron chi connectivity index (χ4n) is 3.15. The van der Waals surface area contributed by atoms with E-state index in [4.69, 9.17) is 4.74 Å².